The Balaban J connectivity index is 1.56. The predicted octanol–water partition coefficient (Wildman–Crippen LogP) is 1.41. The van der Waals surface area contributed by atoms with Crippen molar-refractivity contribution >= 4 is 33.5 Å². The highest BCUT2D eigenvalue weighted by Gasteiger charge is 2.19. The van der Waals surface area contributed by atoms with Crippen LogP contribution in [0.1, 0.15) is 22.8 Å². The molecule has 0 saturated carbocycles. The van der Waals surface area contributed by atoms with Crippen LogP contribution in [0.5, 0.6) is 0 Å². The number of rotatable bonds is 9. The number of carbonyl (C=O) groups is 3. The Hall–Kier alpha value is -4.34. The summed E-state index contributed by atoms with van der Waals surface area (Å²) in [6.45, 7) is -0.0708. The lowest BCUT2D eigenvalue weighted by atomic mass is 10.2. The average Bonchev–Trinajstić information content (AvgIpc) is 3.24. The fourth-order valence-corrected chi connectivity index (χ4v) is 3.76. The van der Waals surface area contributed by atoms with Crippen molar-refractivity contribution in [2.24, 2.45) is 0 Å². The highest BCUT2D eigenvalue weighted by Crippen LogP contribution is 2.19. The van der Waals surface area contributed by atoms with Gasteiger partial charge in [-0.2, -0.15) is 15.1 Å². The topological polar surface area (TPSA) is 160 Å². The molecule has 0 saturated heterocycles. The number of nitrogens with one attached hydrogen (secondary N) is 2. The van der Waals surface area contributed by atoms with Crippen molar-refractivity contribution in [3.05, 3.63) is 71.9 Å². The molecular weight excluding hydrogens is 462 g/mol. The number of hydrogen-bond acceptors (Lipinski definition) is 8. The molecule has 12 heteroatoms. The summed E-state index contributed by atoms with van der Waals surface area (Å²) in [7, 11) is -4.03. The van der Waals surface area contributed by atoms with Crippen LogP contribution in [-0.2, 0) is 24.3 Å². The van der Waals surface area contributed by atoms with Gasteiger partial charge >= 0.3 is 5.97 Å². The summed E-state index contributed by atoms with van der Waals surface area (Å²) in [5, 5.41) is 15.8. The van der Waals surface area contributed by atoms with Gasteiger partial charge in [-0.05, 0) is 31.2 Å². The summed E-state index contributed by atoms with van der Waals surface area (Å²) in [5.74, 6) is -1.85. The number of aromatic nitrogens is 2. The number of Topliss-reactive ketones (excluding diaryl/α,β-unsaturated/α-hetero) is 1. The molecule has 0 atom stereocenters. The van der Waals surface area contributed by atoms with Gasteiger partial charge in [0, 0.05) is 5.56 Å². The van der Waals surface area contributed by atoms with Gasteiger partial charge in [0.2, 0.25) is 10.0 Å². The van der Waals surface area contributed by atoms with E-state index in [1.807, 2.05) is 6.07 Å². The fourth-order valence-electron chi connectivity index (χ4n) is 2.79. The van der Waals surface area contributed by atoms with Crippen molar-refractivity contribution in [3.8, 4) is 11.8 Å². The molecule has 3 aromatic rings. The molecule has 0 aliphatic rings. The van der Waals surface area contributed by atoms with Crippen LogP contribution in [0.2, 0.25) is 0 Å². The third kappa shape index (κ3) is 5.91. The molecule has 0 fully saturated rings. The summed E-state index contributed by atoms with van der Waals surface area (Å²) in [4.78, 5) is 35.4. The van der Waals surface area contributed by atoms with Gasteiger partial charge in [-0.25, -0.2) is 13.1 Å². The Bertz CT molecular complexity index is 1360. The molecule has 34 heavy (non-hydrogen) atoms. The molecule has 1 amide bonds. The largest absolute Gasteiger partial charge is 0.455 e. The summed E-state index contributed by atoms with van der Waals surface area (Å²) in [6, 6.07) is 15.9. The molecule has 2 N–H and O–H groups in total. The highest BCUT2D eigenvalue weighted by molar-refractivity contribution is 7.89. The number of nitriles is 1. The van der Waals surface area contributed by atoms with Crippen molar-refractivity contribution in [1.82, 2.24) is 14.5 Å². The van der Waals surface area contributed by atoms with E-state index in [1.165, 1.54) is 42.1 Å². The van der Waals surface area contributed by atoms with Crippen LogP contribution in [0.15, 0.2) is 65.7 Å². The Morgan fingerprint density at radius 2 is 1.76 bits per heavy atom. The van der Waals surface area contributed by atoms with Gasteiger partial charge in [-0.15, -0.1) is 0 Å². The number of para-hydroxylation sites is 1. The first-order chi connectivity index (χ1) is 16.2. The minimum atomic E-state index is -4.03. The van der Waals surface area contributed by atoms with Gasteiger partial charge in [0.05, 0.1) is 16.8 Å². The molecule has 0 radical (unpaired) electrons. The number of amides is 1. The van der Waals surface area contributed by atoms with E-state index in [0.717, 1.165) is 0 Å². The molecule has 0 aliphatic carbocycles. The van der Waals surface area contributed by atoms with Gasteiger partial charge in [-0.3, -0.25) is 14.4 Å². The van der Waals surface area contributed by atoms with Crippen LogP contribution in [0.25, 0.3) is 5.69 Å². The molecule has 0 spiro atoms. The van der Waals surface area contributed by atoms with Gasteiger partial charge in [-0.1, -0.05) is 30.3 Å². The van der Waals surface area contributed by atoms with Gasteiger partial charge in [0.25, 0.3) is 5.91 Å². The first-order valence-electron chi connectivity index (χ1n) is 9.81. The van der Waals surface area contributed by atoms with E-state index in [-0.39, 0.29) is 22.1 Å². The summed E-state index contributed by atoms with van der Waals surface area (Å²) in [5.41, 5.74) is 1.05. The zero-order valence-electron chi connectivity index (χ0n) is 17.9. The molecule has 0 unspecified atom stereocenters. The van der Waals surface area contributed by atoms with Gasteiger partial charge in [0.15, 0.2) is 18.2 Å². The van der Waals surface area contributed by atoms with E-state index in [4.69, 9.17) is 4.74 Å². The first kappa shape index (κ1) is 24.3. The lowest BCUT2D eigenvalue weighted by molar-refractivity contribution is -0.146. The van der Waals surface area contributed by atoms with E-state index in [0.29, 0.717) is 11.3 Å². The molecular formula is C22H19N5O6S. The number of esters is 1. The van der Waals surface area contributed by atoms with E-state index in [9.17, 15) is 28.1 Å². The number of hydrogen-bond donors (Lipinski definition) is 2. The zero-order valence-corrected chi connectivity index (χ0v) is 18.7. The second-order valence-electron chi connectivity index (χ2n) is 6.88. The quantitative estimate of drug-likeness (QED) is 0.343. The predicted molar refractivity (Wildman–Crippen MR) is 120 cm³/mol. The molecule has 2 aromatic carbocycles. The fraction of sp³-hybridized carbons (Fsp3) is 0.136. The number of nitrogens with zero attached hydrogens (tertiary/aromatic N) is 3. The number of anilines is 1. The van der Waals surface area contributed by atoms with Crippen LogP contribution in [0.4, 0.5) is 5.82 Å². The third-order valence-corrected chi connectivity index (χ3v) is 5.91. The van der Waals surface area contributed by atoms with Crippen molar-refractivity contribution in [1.29, 1.82) is 5.26 Å². The molecule has 11 nitrogen and oxygen atoms in total. The van der Waals surface area contributed by atoms with Crippen LogP contribution >= 0.6 is 0 Å². The van der Waals surface area contributed by atoms with E-state index in [1.54, 1.807) is 30.3 Å². The van der Waals surface area contributed by atoms with Crippen LogP contribution < -0.4 is 10.0 Å². The second kappa shape index (κ2) is 10.5. The van der Waals surface area contributed by atoms with Crippen LogP contribution in [0.3, 0.4) is 0 Å². The molecule has 0 bridgehead atoms. The molecule has 0 aliphatic heterocycles. The molecule has 1 heterocycles. The maximum atomic E-state index is 12.3. The Kier molecular flexibility index (Phi) is 7.52. The SMILES string of the molecule is CC(=O)c1ccc(S(=O)(=O)NCC(=O)OCC(=O)Nc2c(C#N)cnn2-c2ccccc2)cc1. The normalized spacial score (nSPS) is 10.8. The van der Waals surface area contributed by atoms with Crippen LogP contribution in [0, 0.1) is 11.3 Å². The highest BCUT2D eigenvalue weighted by atomic mass is 32.2. The number of carbonyl (C=O) groups excluding carboxylic acids is 3. The van der Waals surface area contributed by atoms with E-state index in [2.05, 4.69) is 15.1 Å². The minimum absolute atomic E-state index is 0.101. The van der Waals surface area contributed by atoms with Crippen molar-refractivity contribution < 1.29 is 27.5 Å². The molecule has 174 valence electrons. The number of ketones is 1. The average molecular weight is 481 g/mol. The standard InChI is InChI=1S/C22H19N5O6S/c1-15(28)16-7-9-19(10-8-16)34(31,32)25-13-21(30)33-14-20(29)26-22-17(11-23)12-24-27(22)18-5-3-2-4-6-18/h2-10,12,25H,13-14H2,1H3,(H,26,29). The molecule has 3 rings (SSSR count). The molecule has 1 aromatic heterocycles. The Morgan fingerprint density at radius 1 is 1.09 bits per heavy atom. The summed E-state index contributed by atoms with van der Waals surface area (Å²) < 4.78 is 32.8. The van der Waals surface area contributed by atoms with Gasteiger partial charge < -0.3 is 10.1 Å². The van der Waals surface area contributed by atoms with Crippen LogP contribution in [-0.4, -0.2) is 49.0 Å². The maximum Gasteiger partial charge on any atom is 0.321 e. The third-order valence-electron chi connectivity index (χ3n) is 4.49. The second-order valence-corrected chi connectivity index (χ2v) is 8.65. The smallest absolute Gasteiger partial charge is 0.321 e. The van der Waals surface area contributed by atoms with Crippen molar-refractivity contribution in [2.75, 3.05) is 18.5 Å². The van der Waals surface area contributed by atoms with Crippen molar-refractivity contribution in [3.63, 3.8) is 0 Å². The summed E-state index contributed by atoms with van der Waals surface area (Å²) in [6.07, 6.45) is 1.28. The summed E-state index contributed by atoms with van der Waals surface area (Å²) >= 11 is 0. The van der Waals surface area contributed by atoms with E-state index < -0.39 is 35.1 Å². The first-order valence-corrected chi connectivity index (χ1v) is 11.3. The lowest BCUT2D eigenvalue weighted by Gasteiger charge is -2.10. The number of ether oxygens (including phenoxy) is 1. The maximum absolute atomic E-state index is 12.3. The van der Waals surface area contributed by atoms with E-state index >= 15 is 0 Å². The monoisotopic (exact) mass is 481 g/mol. The number of sulfonamides is 1. The number of benzene rings is 2. The minimum Gasteiger partial charge on any atom is -0.455 e. The zero-order chi connectivity index (χ0) is 24.7. The van der Waals surface area contributed by atoms with Crippen molar-refractivity contribution in [2.45, 2.75) is 11.8 Å². The van der Waals surface area contributed by atoms with Gasteiger partial charge in [0.1, 0.15) is 18.2 Å². The Morgan fingerprint density at radius 3 is 2.38 bits per heavy atom. The Labute approximate surface area is 195 Å². The lowest BCUT2D eigenvalue weighted by Crippen LogP contribution is -2.32.